The topological polar surface area (TPSA) is 69.9 Å². The van der Waals surface area contributed by atoms with Crippen LogP contribution < -0.4 is 19.6 Å². The van der Waals surface area contributed by atoms with Gasteiger partial charge in [-0.2, -0.15) is 0 Å². The number of rotatable bonds is 5. The lowest BCUT2D eigenvalue weighted by Crippen LogP contribution is -2.40. The SMILES string of the molecule is COc1ccc(C2C(C(=O)OC(C)C)=C(C)N=c3s/c(=C/c4c(F)cccc4Cl)c(=O)n32)cc1. The molecule has 2 aromatic carbocycles. The predicted octanol–water partition coefficient (Wildman–Crippen LogP) is 3.99. The second kappa shape index (κ2) is 9.56. The van der Waals surface area contributed by atoms with Crippen LogP contribution in [0.15, 0.2) is 63.5 Å². The molecule has 9 heteroatoms. The molecule has 0 aliphatic carbocycles. The Morgan fingerprint density at radius 3 is 2.56 bits per heavy atom. The monoisotopic (exact) mass is 500 g/mol. The van der Waals surface area contributed by atoms with Crippen LogP contribution in [-0.2, 0) is 9.53 Å². The normalized spacial score (nSPS) is 15.9. The summed E-state index contributed by atoms with van der Waals surface area (Å²) in [6.07, 6.45) is 1.06. The Labute approximate surface area is 204 Å². The number of allylic oxidation sites excluding steroid dienone is 1. The first-order chi connectivity index (χ1) is 16.2. The highest BCUT2D eigenvalue weighted by Crippen LogP contribution is 2.32. The van der Waals surface area contributed by atoms with Crippen LogP contribution >= 0.6 is 22.9 Å². The van der Waals surface area contributed by atoms with Gasteiger partial charge in [-0.3, -0.25) is 9.36 Å². The zero-order chi connectivity index (χ0) is 24.6. The molecular formula is C25H22ClFN2O4S. The van der Waals surface area contributed by atoms with E-state index in [-0.39, 0.29) is 26.8 Å². The number of ether oxygens (including phenoxy) is 2. The number of aromatic nitrogens is 1. The van der Waals surface area contributed by atoms with Crippen LogP contribution in [0.25, 0.3) is 6.08 Å². The fraction of sp³-hybridized carbons (Fsp3) is 0.240. The van der Waals surface area contributed by atoms with Gasteiger partial charge in [-0.1, -0.05) is 41.1 Å². The first-order valence-electron chi connectivity index (χ1n) is 10.5. The van der Waals surface area contributed by atoms with Crippen LogP contribution in [0.5, 0.6) is 5.75 Å². The van der Waals surface area contributed by atoms with Gasteiger partial charge in [-0.15, -0.1) is 0 Å². The molecule has 0 bridgehead atoms. The van der Waals surface area contributed by atoms with Crippen LogP contribution in [0.2, 0.25) is 5.02 Å². The number of nitrogens with zero attached hydrogens (tertiary/aromatic N) is 2. The van der Waals surface area contributed by atoms with Gasteiger partial charge in [-0.05, 0) is 56.7 Å². The van der Waals surface area contributed by atoms with Crippen LogP contribution in [0, 0.1) is 5.82 Å². The number of hydrogen-bond acceptors (Lipinski definition) is 6. The van der Waals surface area contributed by atoms with Crippen molar-refractivity contribution in [3.8, 4) is 5.75 Å². The van der Waals surface area contributed by atoms with Crippen molar-refractivity contribution in [3.63, 3.8) is 0 Å². The summed E-state index contributed by atoms with van der Waals surface area (Å²) in [7, 11) is 1.56. The molecule has 0 fully saturated rings. The molecule has 6 nitrogen and oxygen atoms in total. The first-order valence-corrected chi connectivity index (χ1v) is 11.7. The minimum Gasteiger partial charge on any atom is -0.497 e. The summed E-state index contributed by atoms with van der Waals surface area (Å²) in [4.78, 5) is 31.6. The van der Waals surface area contributed by atoms with Gasteiger partial charge in [0.2, 0.25) is 0 Å². The van der Waals surface area contributed by atoms with E-state index in [2.05, 4.69) is 4.99 Å². The smallest absolute Gasteiger partial charge is 0.338 e. The van der Waals surface area contributed by atoms with Gasteiger partial charge in [0.15, 0.2) is 4.80 Å². The molecule has 0 amide bonds. The Kier molecular flexibility index (Phi) is 6.72. The van der Waals surface area contributed by atoms with Crippen LogP contribution in [0.3, 0.4) is 0 Å². The van der Waals surface area contributed by atoms with E-state index in [1.165, 1.54) is 22.8 Å². The lowest BCUT2D eigenvalue weighted by molar-refractivity contribution is -0.143. The number of esters is 1. The lowest BCUT2D eigenvalue weighted by atomic mass is 9.96. The van der Waals surface area contributed by atoms with Crippen LogP contribution in [-0.4, -0.2) is 23.8 Å². The van der Waals surface area contributed by atoms with Crippen molar-refractivity contribution >= 4 is 35.0 Å². The van der Waals surface area contributed by atoms with Crippen molar-refractivity contribution < 1.29 is 18.7 Å². The van der Waals surface area contributed by atoms with Gasteiger partial charge >= 0.3 is 5.97 Å². The van der Waals surface area contributed by atoms with E-state index in [1.807, 2.05) is 0 Å². The van der Waals surface area contributed by atoms with E-state index >= 15 is 0 Å². The summed E-state index contributed by atoms with van der Waals surface area (Å²) in [5, 5.41) is 0.190. The zero-order valence-electron chi connectivity index (χ0n) is 19.0. The summed E-state index contributed by atoms with van der Waals surface area (Å²) in [5.74, 6) is -0.455. The average molecular weight is 501 g/mol. The summed E-state index contributed by atoms with van der Waals surface area (Å²) in [5.41, 5.74) is 1.10. The van der Waals surface area contributed by atoms with E-state index in [0.29, 0.717) is 21.8 Å². The second-order valence-corrected chi connectivity index (χ2v) is 9.36. The molecular weight excluding hydrogens is 479 g/mol. The zero-order valence-corrected chi connectivity index (χ0v) is 20.5. The maximum atomic E-state index is 14.4. The Balaban J connectivity index is 1.97. The summed E-state index contributed by atoms with van der Waals surface area (Å²) >= 11 is 7.27. The third-order valence-corrected chi connectivity index (χ3v) is 6.60. The number of benzene rings is 2. The highest BCUT2D eigenvalue weighted by atomic mass is 35.5. The molecule has 1 unspecified atom stereocenters. The molecule has 1 atom stereocenters. The van der Waals surface area contributed by atoms with E-state index in [1.54, 1.807) is 58.2 Å². The molecule has 2 heterocycles. The van der Waals surface area contributed by atoms with Gasteiger partial charge in [0.1, 0.15) is 11.6 Å². The number of hydrogen-bond donors (Lipinski definition) is 0. The van der Waals surface area contributed by atoms with Crippen molar-refractivity contribution in [2.75, 3.05) is 7.11 Å². The summed E-state index contributed by atoms with van der Waals surface area (Å²) in [6, 6.07) is 10.6. The number of fused-ring (bicyclic) bond motifs is 1. The Morgan fingerprint density at radius 2 is 1.94 bits per heavy atom. The molecule has 1 aliphatic rings. The highest BCUT2D eigenvalue weighted by Gasteiger charge is 2.33. The van der Waals surface area contributed by atoms with E-state index < -0.39 is 23.4 Å². The number of carbonyl (C=O) groups excluding carboxylic acids is 1. The van der Waals surface area contributed by atoms with E-state index in [0.717, 1.165) is 11.3 Å². The fourth-order valence-corrected chi connectivity index (χ4v) is 4.99. The number of halogens is 2. The maximum absolute atomic E-state index is 14.4. The van der Waals surface area contributed by atoms with Gasteiger partial charge in [0.05, 0.1) is 40.1 Å². The number of thiazole rings is 1. The minimum atomic E-state index is -0.772. The third-order valence-electron chi connectivity index (χ3n) is 5.29. The minimum absolute atomic E-state index is 0.116. The third kappa shape index (κ3) is 4.43. The van der Waals surface area contributed by atoms with E-state index in [4.69, 9.17) is 21.1 Å². The molecule has 176 valence electrons. The first kappa shape index (κ1) is 23.9. The molecule has 34 heavy (non-hydrogen) atoms. The Hall–Kier alpha value is -3.23. The quantitative estimate of drug-likeness (QED) is 0.497. The van der Waals surface area contributed by atoms with Crippen molar-refractivity contribution in [2.24, 2.45) is 4.99 Å². The fourth-order valence-electron chi connectivity index (χ4n) is 3.74. The Morgan fingerprint density at radius 1 is 1.24 bits per heavy atom. The van der Waals surface area contributed by atoms with E-state index in [9.17, 15) is 14.0 Å². The molecule has 0 N–H and O–H groups in total. The number of carbonyl (C=O) groups is 1. The molecule has 3 aromatic rings. The summed E-state index contributed by atoms with van der Waals surface area (Å²) < 4.78 is 26.8. The van der Waals surface area contributed by atoms with Crippen LogP contribution in [0.4, 0.5) is 4.39 Å². The van der Waals surface area contributed by atoms with Gasteiger partial charge in [0, 0.05) is 5.56 Å². The van der Waals surface area contributed by atoms with Crippen molar-refractivity contribution in [3.05, 3.63) is 95.4 Å². The van der Waals surface area contributed by atoms with Gasteiger partial charge in [-0.25, -0.2) is 14.2 Å². The highest BCUT2D eigenvalue weighted by molar-refractivity contribution is 7.07. The molecule has 1 aromatic heterocycles. The molecule has 0 radical (unpaired) electrons. The molecule has 1 aliphatic heterocycles. The van der Waals surface area contributed by atoms with Gasteiger partial charge < -0.3 is 9.47 Å². The standard InChI is InChI=1S/C25H22ClFN2O4S/c1-13(2)33-24(31)21-14(3)28-25-29(22(21)15-8-10-16(32-4)11-9-15)23(30)20(34-25)12-17-18(26)6-5-7-19(17)27/h5-13,22H,1-4H3/b20-12+. The average Bonchev–Trinajstić information content (AvgIpc) is 3.09. The van der Waals surface area contributed by atoms with Crippen LogP contribution in [0.1, 0.15) is 37.9 Å². The lowest BCUT2D eigenvalue weighted by Gasteiger charge is -2.25. The number of methoxy groups -OCH3 is 1. The molecule has 0 saturated carbocycles. The second-order valence-electron chi connectivity index (χ2n) is 7.94. The maximum Gasteiger partial charge on any atom is 0.338 e. The molecule has 4 rings (SSSR count). The summed E-state index contributed by atoms with van der Waals surface area (Å²) in [6.45, 7) is 5.21. The van der Waals surface area contributed by atoms with Crippen molar-refractivity contribution in [1.82, 2.24) is 4.57 Å². The van der Waals surface area contributed by atoms with Gasteiger partial charge in [0.25, 0.3) is 5.56 Å². The Bertz CT molecular complexity index is 1450. The van der Waals surface area contributed by atoms with Crippen molar-refractivity contribution in [2.45, 2.75) is 32.9 Å². The molecule has 0 spiro atoms. The largest absolute Gasteiger partial charge is 0.497 e. The molecule has 0 saturated heterocycles. The van der Waals surface area contributed by atoms with Crippen molar-refractivity contribution in [1.29, 1.82) is 0 Å². The predicted molar refractivity (Wildman–Crippen MR) is 129 cm³/mol.